The quantitative estimate of drug-likeness (QED) is 0.319. The molecule has 0 bridgehead atoms. The number of allylic oxidation sites excluding steroid dienone is 2. The molecule has 0 amide bonds. The van der Waals surface area contributed by atoms with Crippen molar-refractivity contribution in [3.05, 3.63) is 76.6 Å². The number of alkyl halides is 3. The minimum atomic E-state index is -4.73. The molecule has 29 heavy (non-hydrogen) atoms. The first-order valence-electron chi connectivity index (χ1n) is 9.65. The van der Waals surface area contributed by atoms with Crippen molar-refractivity contribution in [2.24, 2.45) is 5.92 Å². The van der Waals surface area contributed by atoms with Gasteiger partial charge in [-0.1, -0.05) is 30.1 Å². The van der Waals surface area contributed by atoms with E-state index in [4.69, 9.17) is 0 Å². The second kappa shape index (κ2) is 9.17. The van der Waals surface area contributed by atoms with Crippen molar-refractivity contribution >= 4 is 0 Å². The zero-order chi connectivity index (χ0) is 20.9. The summed E-state index contributed by atoms with van der Waals surface area (Å²) in [5, 5.41) is 0. The van der Waals surface area contributed by atoms with Gasteiger partial charge in [0.1, 0.15) is 11.6 Å². The molecular formula is C24H22F4O. The Morgan fingerprint density at radius 2 is 1.86 bits per heavy atom. The number of benzene rings is 2. The van der Waals surface area contributed by atoms with Crippen molar-refractivity contribution in [3.8, 4) is 17.6 Å². The maximum Gasteiger partial charge on any atom is 0.573 e. The van der Waals surface area contributed by atoms with Crippen LogP contribution in [-0.2, 0) is 12.8 Å². The Labute approximate surface area is 168 Å². The van der Waals surface area contributed by atoms with Crippen molar-refractivity contribution in [2.75, 3.05) is 0 Å². The van der Waals surface area contributed by atoms with Crippen molar-refractivity contribution < 1.29 is 22.3 Å². The third-order valence-electron chi connectivity index (χ3n) is 5.06. The summed E-state index contributed by atoms with van der Waals surface area (Å²) in [6.07, 6.45) is 4.22. The number of halogens is 4. The Morgan fingerprint density at radius 1 is 1.10 bits per heavy atom. The normalized spacial score (nSPS) is 16.2. The van der Waals surface area contributed by atoms with Crippen molar-refractivity contribution in [3.63, 3.8) is 0 Å². The average Bonchev–Trinajstić information content (AvgIpc) is 2.68. The van der Waals surface area contributed by atoms with Gasteiger partial charge in [0.2, 0.25) is 0 Å². The Bertz CT molecular complexity index is 930. The van der Waals surface area contributed by atoms with Crippen LogP contribution in [0.3, 0.4) is 0 Å². The Balaban J connectivity index is 1.71. The summed E-state index contributed by atoms with van der Waals surface area (Å²) >= 11 is 0. The Hall–Kier alpha value is -2.74. The topological polar surface area (TPSA) is 9.23 Å². The monoisotopic (exact) mass is 402 g/mol. The summed E-state index contributed by atoms with van der Waals surface area (Å²) in [6, 6.07) is 8.85. The summed E-state index contributed by atoms with van der Waals surface area (Å²) in [7, 11) is 0. The fourth-order valence-corrected chi connectivity index (χ4v) is 3.61. The molecule has 0 N–H and O–H groups in total. The molecule has 1 aliphatic carbocycles. The first-order chi connectivity index (χ1) is 13.9. The summed E-state index contributed by atoms with van der Waals surface area (Å²) in [5.41, 5.74) is 2.60. The molecular weight excluding hydrogens is 380 g/mol. The molecule has 1 atom stereocenters. The predicted molar refractivity (Wildman–Crippen MR) is 105 cm³/mol. The SMILES string of the molecule is C/C=C/CCC1CCc2c(ccc(C#Cc3ccc(OC(F)(F)F)cc3)c2F)C1. The van der Waals surface area contributed by atoms with Crippen LogP contribution in [0.5, 0.6) is 5.75 Å². The van der Waals surface area contributed by atoms with E-state index in [2.05, 4.69) is 28.7 Å². The van der Waals surface area contributed by atoms with Gasteiger partial charge < -0.3 is 4.74 Å². The first-order valence-corrected chi connectivity index (χ1v) is 9.65. The molecule has 3 rings (SSSR count). The summed E-state index contributed by atoms with van der Waals surface area (Å²) < 4.78 is 55.3. The molecule has 2 aromatic carbocycles. The summed E-state index contributed by atoms with van der Waals surface area (Å²) in [6.45, 7) is 2.01. The van der Waals surface area contributed by atoms with E-state index in [0.29, 0.717) is 23.5 Å². The molecule has 0 fully saturated rings. The molecule has 0 saturated heterocycles. The molecule has 5 heteroatoms. The zero-order valence-electron chi connectivity index (χ0n) is 16.2. The highest BCUT2D eigenvalue weighted by molar-refractivity contribution is 5.48. The number of hydrogen-bond donors (Lipinski definition) is 0. The van der Waals surface area contributed by atoms with Crippen molar-refractivity contribution in [1.29, 1.82) is 0 Å². The van der Waals surface area contributed by atoms with Crippen LogP contribution in [0, 0.1) is 23.6 Å². The van der Waals surface area contributed by atoms with Gasteiger partial charge in [0.05, 0.1) is 5.56 Å². The van der Waals surface area contributed by atoms with Gasteiger partial charge in [0.25, 0.3) is 0 Å². The van der Waals surface area contributed by atoms with Gasteiger partial charge in [-0.25, -0.2) is 4.39 Å². The van der Waals surface area contributed by atoms with E-state index in [0.717, 1.165) is 36.8 Å². The third kappa shape index (κ3) is 5.87. The van der Waals surface area contributed by atoms with Gasteiger partial charge in [0, 0.05) is 5.56 Å². The highest BCUT2D eigenvalue weighted by atomic mass is 19.4. The van der Waals surface area contributed by atoms with E-state index < -0.39 is 6.36 Å². The van der Waals surface area contributed by atoms with Crippen LogP contribution >= 0.6 is 0 Å². The van der Waals surface area contributed by atoms with E-state index in [1.54, 1.807) is 6.07 Å². The predicted octanol–water partition coefficient (Wildman–Crippen LogP) is 6.59. The van der Waals surface area contributed by atoms with Gasteiger partial charge >= 0.3 is 6.36 Å². The molecule has 0 aliphatic heterocycles. The summed E-state index contributed by atoms with van der Waals surface area (Å²) in [5.74, 6) is 5.59. The maximum atomic E-state index is 14.9. The maximum absolute atomic E-state index is 14.9. The van der Waals surface area contributed by atoms with Crippen LogP contribution in [-0.4, -0.2) is 6.36 Å². The van der Waals surface area contributed by atoms with Crippen LogP contribution in [0.2, 0.25) is 0 Å². The molecule has 1 unspecified atom stereocenters. The van der Waals surface area contributed by atoms with Gasteiger partial charge in [-0.3, -0.25) is 0 Å². The molecule has 0 aromatic heterocycles. The molecule has 152 valence electrons. The van der Waals surface area contributed by atoms with Gasteiger partial charge in [0.15, 0.2) is 0 Å². The lowest BCUT2D eigenvalue weighted by Gasteiger charge is -2.25. The number of ether oxygens (including phenoxy) is 1. The molecule has 1 aliphatic rings. The molecule has 0 spiro atoms. The molecule has 1 nitrogen and oxygen atoms in total. The number of hydrogen-bond acceptors (Lipinski definition) is 1. The smallest absolute Gasteiger partial charge is 0.406 e. The Morgan fingerprint density at radius 3 is 2.55 bits per heavy atom. The van der Waals surface area contributed by atoms with Crippen LogP contribution in [0.15, 0.2) is 48.6 Å². The zero-order valence-corrected chi connectivity index (χ0v) is 16.2. The van der Waals surface area contributed by atoms with Crippen LogP contribution in [0.4, 0.5) is 17.6 Å². The lowest BCUT2D eigenvalue weighted by molar-refractivity contribution is -0.274. The van der Waals surface area contributed by atoms with E-state index in [9.17, 15) is 17.6 Å². The third-order valence-corrected chi connectivity index (χ3v) is 5.06. The van der Waals surface area contributed by atoms with Gasteiger partial charge in [-0.15, -0.1) is 13.2 Å². The molecule has 0 heterocycles. The fourth-order valence-electron chi connectivity index (χ4n) is 3.61. The minimum Gasteiger partial charge on any atom is -0.406 e. The second-order valence-corrected chi connectivity index (χ2v) is 7.14. The van der Waals surface area contributed by atoms with E-state index in [1.165, 1.54) is 24.3 Å². The largest absolute Gasteiger partial charge is 0.573 e. The highest BCUT2D eigenvalue weighted by Gasteiger charge is 2.30. The van der Waals surface area contributed by atoms with Crippen molar-refractivity contribution in [1.82, 2.24) is 0 Å². The second-order valence-electron chi connectivity index (χ2n) is 7.14. The standard InChI is InChI=1S/C24H22F4O/c1-2-3-4-5-18-9-15-22-20(16-18)12-11-19(23(22)25)10-6-17-7-13-21(14-8-17)29-24(26,27)28/h2-3,7-8,11-14,18H,4-5,9,15-16H2,1H3/b3-2+. The molecule has 2 aromatic rings. The highest BCUT2D eigenvalue weighted by Crippen LogP contribution is 2.31. The van der Waals surface area contributed by atoms with Crippen LogP contribution in [0.25, 0.3) is 0 Å². The van der Waals surface area contributed by atoms with E-state index in [-0.39, 0.29) is 11.6 Å². The molecule has 0 saturated carbocycles. The summed E-state index contributed by atoms with van der Waals surface area (Å²) in [4.78, 5) is 0. The van der Waals surface area contributed by atoms with Crippen LogP contribution in [0.1, 0.15) is 48.4 Å². The van der Waals surface area contributed by atoms with Gasteiger partial charge in [-0.2, -0.15) is 0 Å². The van der Waals surface area contributed by atoms with Crippen molar-refractivity contribution in [2.45, 2.75) is 45.4 Å². The van der Waals surface area contributed by atoms with E-state index in [1.807, 2.05) is 13.0 Å². The van der Waals surface area contributed by atoms with Gasteiger partial charge in [-0.05, 0) is 86.4 Å². The number of rotatable bonds is 4. The minimum absolute atomic E-state index is 0.279. The molecule has 0 radical (unpaired) electrons. The fraction of sp³-hybridized carbons (Fsp3) is 0.333. The lowest BCUT2D eigenvalue weighted by atomic mass is 9.81. The van der Waals surface area contributed by atoms with E-state index >= 15 is 0 Å². The number of fused-ring (bicyclic) bond motifs is 1. The first kappa shape index (κ1) is 21.0. The average molecular weight is 402 g/mol. The van der Waals surface area contributed by atoms with Crippen LogP contribution < -0.4 is 4.74 Å². The Kier molecular flexibility index (Phi) is 6.64. The lowest BCUT2D eigenvalue weighted by Crippen LogP contribution is -2.16.